The highest BCUT2D eigenvalue weighted by molar-refractivity contribution is 5.02. The molecular weight excluding hydrogens is 248 g/mol. The first-order chi connectivity index (χ1) is 9.84. The second-order valence-electron chi connectivity index (χ2n) is 6.51. The second kappa shape index (κ2) is 6.70. The van der Waals surface area contributed by atoms with Gasteiger partial charge in [-0.25, -0.2) is 0 Å². The second-order valence-corrected chi connectivity index (χ2v) is 6.51. The van der Waals surface area contributed by atoms with Gasteiger partial charge in [-0.3, -0.25) is 0 Å². The summed E-state index contributed by atoms with van der Waals surface area (Å²) in [6.45, 7) is 3.36. The molecule has 20 heavy (non-hydrogen) atoms. The van der Waals surface area contributed by atoms with Crippen LogP contribution in [0.4, 0.5) is 0 Å². The van der Waals surface area contributed by atoms with E-state index in [0.717, 1.165) is 18.8 Å². The van der Waals surface area contributed by atoms with Crippen molar-refractivity contribution in [2.45, 2.75) is 89.8 Å². The molecule has 1 aromatic heterocycles. The molecule has 2 heterocycles. The first-order valence-corrected chi connectivity index (χ1v) is 8.52. The summed E-state index contributed by atoms with van der Waals surface area (Å²) in [6.07, 6.45) is 13.2. The Kier molecular flexibility index (Phi) is 4.71. The summed E-state index contributed by atoms with van der Waals surface area (Å²) in [7, 11) is 0. The van der Waals surface area contributed by atoms with Crippen LogP contribution in [0.1, 0.15) is 82.4 Å². The number of fused-ring (bicyclic) bond motifs is 1. The van der Waals surface area contributed by atoms with Crippen LogP contribution in [-0.4, -0.2) is 20.8 Å². The number of hydrogen-bond acceptors (Lipinski definition) is 3. The van der Waals surface area contributed by atoms with E-state index in [1.807, 2.05) is 0 Å². The molecule has 4 nitrogen and oxygen atoms in total. The molecule has 0 amide bonds. The minimum Gasteiger partial charge on any atom is -0.314 e. The summed E-state index contributed by atoms with van der Waals surface area (Å²) < 4.78 is 2.38. The highest BCUT2D eigenvalue weighted by atomic mass is 15.3. The van der Waals surface area contributed by atoms with Crippen LogP contribution < -0.4 is 5.32 Å². The van der Waals surface area contributed by atoms with Crippen LogP contribution >= 0.6 is 0 Å². The van der Waals surface area contributed by atoms with Crippen molar-refractivity contribution >= 4 is 0 Å². The van der Waals surface area contributed by atoms with Crippen molar-refractivity contribution < 1.29 is 0 Å². The lowest BCUT2D eigenvalue weighted by molar-refractivity contribution is 0.394. The topological polar surface area (TPSA) is 42.7 Å². The number of nitrogens with zero attached hydrogens (tertiary/aromatic N) is 3. The van der Waals surface area contributed by atoms with Crippen LogP contribution in [0.2, 0.25) is 0 Å². The molecule has 1 unspecified atom stereocenters. The molecule has 1 atom stereocenters. The molecule has 1 aliphatic heterocycles. The summed E-state index contributed by atoms with van der Waals surface area (Å²) in [6, 6.07) is 1.00. The van der Waals surface area contributed by atoms with E-state index >= 15 is 0 Å². The smallest absolute Gasteiger partial charge is 0.149 e. The highest BCUT2D eigenvalue weighted by Crippen LogP contribution is 2.22. The molecule has 0 radical (unpaired) electrons. The van der Waals surface area contributed by atoms with Crippen LogP contribution in [0, 0.1) is 0 Å². The molecule has 3 rings (SSSR count). The Bertz CT molecular complexity index is 418. The third-order valence-corrected chi connectivity index (χ3v) is 4.87. The summed E-state index contributed by atoms with van der Waals surface area (Å²) in [5, 5.41) is 12.7. The molecule has 1 aliphatic carbocycles. The molecular formula is C16H28N4. The molecule has 112 valence electrons. The van der Waals surface area contributed by atoms with Crippen LogP contribution in [0.5, 0.6) is 0 Å². The Balaban J connectivity index is 1.67. The molecule has 1 fully saturated rings. The molecule has 1 N–H and O–H groups in total. The van der Waals surface area contributed by atoms with Gasteiger partial charge >= 0.3 is 0 Å². The van der Waals surface area contributed by atoms with Crippen molar-refractivity contribution in [3.63, 3.8) is 0 Å². The van der Waals surface area contributed by atoms with Crippen molar-refractivity contribution in [2.24, 2.45) is 0 Å². The van der Waals surface area contributed by atoms with Gasteiger partial charge in [-0.15, -0.1) is 10.2 Å². The minimum absolute atomic E-state index is 0.331. The molecule has 1 aromatic rings. The van der Waals surface area contributed by atoms with Crippen molar-refractivity contribution in [1.82, 2.24) is 20.1 Å². The van der Waals surface area contributed by atoms with Gasteiger partial charge in [0.15, 0.2) is 0 Å². The molecule has 0 spiro atoms. The highest BCUT2D eigenvalue weighted by Gasteiger charge is 2.21. The summed E-state index contributed by atoms with van der Waals surface area (Å²) in [5.41, 5.74) is 0. The van der Waals surface area contributed by atoms with Crippen LogP contribution in [0.25, 0.3) is 0 Å². The van der Waals surface area contributed by atoms with Gasteiger partial charge in [-0.1, -0.05) is 32.1 Å². The number of aryl methyl sites for hydroxylation is 1. The summed E-state index contributed by atoms with van der Waals surface area (Å²) in [4.78, 5) is 0. The Labute approximate surface area is 122 Å². The van der Waals surface area contributed by atoms with Gasteiger partial charge in [-0.05, 0) is 32.6 Å². The third-order valence-electron chi connectivity index (χ3n) is 4.87. The first kappa shape index (κ1) is 14.1. The maximum atomic E-state index is 4.48. The largest absolute Gasteiger partial charge is 0.314 e. The van der Waals surface area contributed by atoms with E-state index < -0.39 is 0 Å². The zero-order valence-corrected chi connectivity index (χ0v) is 12.8. The maximum absolute atomic E-state index is 4.48. The quantitative estimate of drug-likeness (QED) is 0.861. The monoisotopic (exact) mass is 276 g/mol. The van der Waals surface area contributed by atoms with Crippen LogP contribution in [0.3, 0.4) is 0 Å². The lowest BCUT2D eigenvalue weighted by Crippen LogP contribution is -2.32. The molecule has 1 saturated carbocycles. The Morgan fingerprint density at radius 3 is 2.55 bits per heavy atom. The number of rotatable bonds is 3. The normalized spacial score (nSPS) is 22.9. The number of aromatic nitrogens is 3. The van der Waals surface area contributed by atoms with E-state index in [9.17, 15) is 0 Å². The lowest BCUT2D eigenvalue weighted by atomic mass is 10.1. The van der Waals surface area contributed by atoms with E-state index in [2.05, 4.69) is 27.0 Å². The predicted octanol–water partition coefficient (Wildman–Crippen LogP) is 3.38. The molecule has 0 saturated heterocycles. The van der Waals surface area contributed by atoms with E-state index in [1.54, 1.807) is 0 Å². The molecule has 0 aromatic carbocycles. The van der Waals surface area contributed by atoms with Gasteiger partial charge in [0.05, 0.1) is 6.04 Å². The van der Waals surface area contributed by atoms with Gasteiger partial charge in [-0.2, -0.15) is 0 Å². The van der Waals surface area contributed by atoms with Crippen LogP contribution in [0.15, 0.2) is 0 Å². The number of hydrogen-bond donors (Lipinski definition) is 1. The Hall–Kier alpha value is -0.900. The molecule has 4 heteroatoms. The van der Waals surface area contributed by atoms with Gasteiger partial charge in [0, 0.05) is 19.0 Å². The van der Waals surface area contributed by atoms with Crippen molar-refractivity contribution in [2.75, 3.05) is 0 Å². The first-order valence-electron chi connectivity index (χ1n) is 8.52. The predicted molar refractivity (Wildman–Crippen MR) is 80.6 cm³/mol. The zero-order chi connectivity index (χ0) is 13.8. The zero-order valence-electron chi connectivity index (χ0n) is 12.8. The average molecular weight is 276 g/mol. The van der Waals surface area contributed by atoms with Crippen molar-refractivity contribution in [3.8, 4) is 0 Å². The minimum atomic E-state index is 0.331. The number of nitrogens with one attached hydrogen (secondary N) is 1. The van der Waals surface area contributed by atoms with E-state index in [1.165, 1.54) is 63.6 Å². The summed E-state index contributed by atoms with van der Waals surface area (Å²) >= 11 is 0. The third kappa shape index (κ3) is 3.22. The standard InChI is InChI=1S/C16H28N4/c1-13(17-14-9-5-2-3-6-10-14)16-19-18-15-11-7-4-8-12-20(15)16/h13-14,17H,2-12H2,1H3. The van der Waals surface area contributed by atoms with E-state index in [0.29, 0.717) is 12.1 Å². The summed E-state index contributed by atoms with van der Waals surface area (Å²) in [5.74, 6) is 2.36. The Morgan fingerprint density at radius 2 is 1.75 bits per heavy atom. The van der Waals surface area contributed by atoms with Crippen molar-refractivity contribution in [3.05, 3.63) is 11.6 Å². The molecule has 0 bridgehead atoms. The van der Waals surface area contributed by atoms with E-state index in [-0.39, 0.29) is 0 Å². The van der Waals surface area contributed by atoms with Gasteiger partial charge in [0.1, 0.15) is 11.6 Å². The SMILES string of the molecule is CC(NC1CCCCCC1)c1nnc2n1CCCCC2. The average Bonchev–Trinajstić information content (AvgIpc) is 2.64. The molecule has 2 aliphatic rings. The van der Waals surface area contributed by atoms with E-state index in [4.69, 9.17) is 0 Å². The fraction of sp³-hybridized carbons (Fsp3) is 0.875. The van der Waals surface area contributed by atoms with Gasteiger partial charge < -0.3 is 9.88 Å². The lowest BCUT2D eigenvalue weighted by Gasteiger charge is -2.22. The van der Waals surface area contributed by atoms with Gasteiger partial charge in [0.2, 0.25) is 0 Å². The fourth-order valence-corrected chi connectivity index (χ4v) is 3.70. The fourth-order valence-electron chi connectivity index (χ4n) is 3.70. The maximum Gasteiger partial charge on any atom is 0.149 e. The van der Waals surface area contributed by atoms with Crippen LogP contribution in [-0.2, 0) is 13.0 Å². The van der Waals surface area contributed by atoms with Gasteiger partial charge in [0.25, 0.3) is 0 Å². The van der Waals surface area contributed by atoms with Crippen molar-refractivity contribution in [1.29, 1.82) is 0 Å². The Morgan fingerprint density at radius 1 is 1.00 bits per heavy atom.